The molecule has 1 aliphatic heterocycles. The van der Waals surface area contributed by atoms with Gasteiger partial charge in [-0.05, 0) is 44.2 Å². The molecule has 1 aliphatic rings. The van der Waals surface area contributed by atoms with E-state index in [2.05, 4.69) is 40.5 Å². The highest BCUT2D eigenvalue weighted by Crippen LogP contribution is 2.18. The van der Waals surface area contributed by atoms with Crippen molar-refractivity contribution >= 4 is 5.91 Å². The van der Waals surface area contributed by atoms with E-state index in [9.17, 15) is 4.79 Å². The number of hydrogen-bond acceptors (Lipinski definition) is 3. The molecule has 23 heavy (non-hydrogen) atoms. The van der Waals surface area contributed by atoms with Crippen LogP contribution in [0.3, 0.4) is 0 Å². The van der Waals surface area contributed by atoms with Crippen LogP contribution in [-0.4, -0.2) is 43.7 Å². The lowest BCUT2D eigenvalue weighted by atomic mass is 9.97. The zero-order valence-electron chi connectivity index (χ0n) is 14.3. The number of piperidine rings is 1. The largest absolute Gasteiger partial charge is 0.382 e. The molecule has 1 amide bonds. The molecule has 2 rings (SSSR count). The smallest absolute Gasteiger partial charge is 0.220 e. The van der Waals surface area contributed by atoms with Gasteiger partial charge in [-0.3, -0.25) is 9.69 Å². The standard InChI is InChI=1S/C19H30N2O2/c1-2-23-13-7-11-19(22)20-14-18-10-6-12-21(16-18)15-17-8-4-3-5-9-17/h3-5,8-9,18H,2,6-7,10-16H2,1H3,(H,20,22)/t18-/m0/s1. The summed E-state index contributed by atoms with van der Waals surface area (Å²) in [6.45, 7) is 7.43. The first-order valence-electron chi connectivity index (χ1n) is 8.88. The van der Waals surface area contributed by atoms with Crippen molar-refractivity contribution in [2.75, 3.05) is 32.8 Å². The van der Waals surface area contributed by atoms with Gasteiger partial charge in [0.05, 0.1) is 0 Å². The Hall–Kier alpha value is -1.39. The summed E-state index contributed by atoms with van der Waals surface area (Å²) in [6, 6.07) is 10.6. The van der Waals surface area contributed by atoms with E-state index in [1.807, 2.05) is 6.92 Å². The number of nitrogens with zero attached hydrogens (tertiary/aromatic N) is 1. The average molecular weight is 318 g/mol. The van der Waals surface area contributed by atoms with Gasteiger partial charge in [0.2, 0.25) is 5.91 Å². The molecule has 1 aromatic rings. The number of likely N-dealkylation sites (tertiary alicyclic amines) is 1. The van der Waals surface area contributed by atoms with Crippen molar-refractivity contribution in [2.24, 2.45) is 5.92 Å². The van der Waals surface area contributed by atoms with Crippen LogP contribution >= 0.6 is 0 Å². The first-order chi connectivity index (χ1) is 11.3. The molecule has 4 heteroatoms. The van der Waals surface area contributed by atoms with E-state index in [1.54, 1.807) is 0 Å². The average Bonchev–Trinajstić information content (AvgIpc) is 2.58. The number of hydrogen-bond donors (Lipinski definition) is 1. The molecule has 4 nitrogen and oxygen atoms in total. The minimum absolute atomic E-state index is 0.157. The van der Waals surface area contributed by atoms with Gasteiger partial charge in [0, 0.05) is 39.3 Å². The highest BCUT2D eigenvalue weighted by atomic mass is 16.5. The molecule has 0 aromatic heterocycles. The van der Waals surface area contributed by atoms with E-state index >= 15 is 0 Å². The minimum atomic E-state index is 0.157. The third-order valence-electron chi connectivity index (χ3n) is 4.34. The van der Waals surface area contributed by atoms with Crippen LogP contribution in [0.25, 0.3) is 0 Å². The van der Waals surface area contributed by atoms with Crippen LogP contribution in [0.2, 0.25) is 0 Å². The maximum Gasteiger partial charge on any atom is 0.220 e. The Balaban J connectivity index is 1.64. The van der Waals surface area contributed by atoms with E-state index in [1.165, 1.54) is 18.4 Å². The van der Waals surface area contributed by atoms with E-state index in [0.29, 0.717) is 18.9 Å². The molecule has 0 bridgehead atoms. The van der Waals surface area contributed by atoms with Crippen molar-refractivity contribution in [1.29, 1.82) is 0 Å². The molecule has 1 N–H and O–H groups in total. The van der Waals surface area contributed by atoms with Crippen molar-refractivity contribution < 1.29 is 9.53 Å². The lowest BCUT2D eigenvalue weighted by Gasteiger charge is -2.32. The molecule has 1 fully saturated rings. The third-order valence-corrected chi connectivity index (χ3v) is 4.34. The van der Waals surface area contributed by atoms with Gasteiger partial charge in [-0.15, -0.1) is 0 Å². The van der Waals surface area contributed by atoms with Crippen molar-refractivity contribution in [3.05, 3.63) is 35.9 Å². The quantitative estimate of drug-likeness (QED) is 0.712. The zero-order chi connectivity index (χ0) is 16.3. The third kappa shape index (κ3) is 7.14. The Morgan fingerprint density at radius 2 is 2.17 bits per heavy atom. The number of nitrogens with one attached hydrogen (secondary N) is 1. The number of rotatable bonds is 9. The van der Waals surface area contributed by atoms with Gasteiger partial charge < -0.3 is 10.1 Å². The molecule has 128 valence electrons. The molecule has 0 radical (unpaired) electrons. The van der Waals surface area contributed by atoms with Gasteiger partial charge in [-0.1, -0.05) is 30.3 Å². The number of ether oxygens (including phenoxy) is 1. The second kappa shape index (κ2) is 10.4. The second-order valence-corrected chi connectivity index (χ2v) is 6.33. The fourth-order valence-electron chi connectivity index (χ4n) is 3.13. The predicted octanol–water partition coefficient (Wildman–Crippen LogP) is 2.83. The summed E-state index contributed by atoms with van der Waals surface area (Å²) in [4.78, 5) is 14.3. The Bertz CT molecular complexity index is 450. The van der Waals surface area contributed by atoms with Crippen LogP contribution in [0.4, 0.5) is 0 Å². The summed E-state index contributed by atoms with van der Waals surface area (Å²) in [5, 5.41) is 3.09. The molecule has 1 heterocycles. The molecule has 1 atom stereocenters. The van der Waals surface area contributed by atoms with Crippen LogP contribution in [0.1, 0.15) is 38.2 Å². The summed E-state index contributed by atoms with van der Waals surface area (Å²) < 4.78 is 5.26. The van der Waals surface area contributed by atoms with Crippen molar-refractivity contribution in [2.45, 2.75) is 39.2 Å². The van der Waals surface area contributed by atoms with Gasteiger partial charge >= 0.3 is 0 Å². The summed E-state index contributed by atoms with van der Waals surface area (Å²) >= 11 is 0. The highest BCUT2D eigenvalue weighted by Gasteiger charge is 2.20. The summed E-state index contributed by atoms with van der Waals surface area (Å²) in [6.07, 6.45) is 3.81. The van der Waals surface area contributed by atoms with Gasteiger partial charge in [0.25, 0.3) is 0 Å². The van der Waals surface area contributed by atoms with Gasteiger partial charge in [0.1, 0.15) is 0 Å². The fraction of sp³-hybridized carbons (Fsp3) is 0.632. The van der Waals surface area contributed by atoms with Crippen LogP contribution in [-0.2, 0) is 16.1 Å². The summed E-state index contributed by atoms with van der Waals surface area (Å²) in [5.74, 6) is 0.730. The van der Waals surface area contributed by atoms with Gasteiger partial charge in [0.15, 0.2) is 0 Å². The van der Waals surface area contributed by atoms with Gasteiger partial charge in [-0.25, -0.2) is 0 Å². The van der Waals surface area contributed by atoms with E-state index in [-0.39, 0.29) is 5.91 Å². The molecule has 0 saturated carbocycles. The number of benzene rings is 1. The molecule has 0 aliphatic carbocycles. The Labute approximate surface area is 140 Å². The van der Waals surface area contributed by atoms with E-state index in [4.69, 9.17) is 4.74 Å². The van der Waals surface area contributed by atoms with Crippen LogP contribution < -0.4 is 5.32 Å². The normalized spacial score (nSPS) is 18.7. The number of carbonyl (C=O) groups excluding carboxylic acids is 1. The van der Waals surface area contributed by atoms with Crippen molar-refractivity contribution in [1.82, 2.24) is 10.2 Å². The topological polar surface area (TPSA) is 41.6 Å². The lowest BCUT2D eigenvalue weighted by molar-refractivity contribution is -0.121. The Morgan fingerprint density at radius 3 is 2.96 bits per heavy atom. The van der Waals surface area contributed by atoms with E-state index < -0.39 is 0 Å². The molecule has 1 aromatic carbocycles. The SMILES string of the molecule is CCOCCCC(=O)NC[C@@H]1CCCN(Cc2ccccc2)C1. The first-order valence-corrected chi connectivity index (χ1v) is 8.88. The minimum Gasteiger partial charge on any atom is -0.382 e. The first kappa shape index (κ1) is 18.0. The van der Waals surface area contributed by atoms with Crippen LogP contribution in [0.15, 0.2) is 30.3 Å². The Morgan fingerprint density at radius 1 is 1.35 bits per heavy atom. The lowest BCUT2D eigenvalue weighted by Crippen LogP contribution is -2.40. The Kier molecular flexibility index (Phi) is 8.12. The monoisotopic (exact) mass is 318 g/mol. The maximum atomic E-state index is 11.8. The van der Waals surface area contributed by atoms with E-state index in [0.717, 1.165) is 39.2 Å². The fourth-order valence-corrected chi connectivity index (χ4v) is 3.13. The maximum absolute atomic E-state index is 11.8. The number of carbonyl (C=O) groups is 1. The molecule has 0 spiro atoms. The second-order valence-electron chi connectivity index (χ2n) is 6.33. The highest BCUT2D eigenvalue weighted by molar-refractivity contribution is 5.75. The molecule has 0 unspecified atom stereocenters. The van der Waals surface area contributed by atoms with Crippen molar-refractivity contribution in [3.8, 4) is 0 Å². The van der Waals surface area contributed by atoms with Crippen molar-refractivity contribution in [3.63, 3.8) is 0 Å². The summed E-state index contributed by atoms with van der Waals surface area (Å²) in [5.41, 5.74) is 1.37. The number of amides is 1. The summed E-state index contributed by atoms with van der Waals surface area (Å²) in [7, 11) is 0. The van der Waals surface area contributed by atoms with Crippen LogP contribution in [0, 0.1) is 5.92 Å². The van der Waals surface area contributed by atoms with Gasteiger partial charge in [-0.2, -0.15) is 0 Å². The van der Waals surface area contributed by atoms with Crippen LogP contribution in [0.5, 0.6) is 0 Å². The zero-order valence-corrected chi connectivity index (χ0v) is 14.3. The molecular weight excluding hydrogens is 288 g/mol. The molecule has 1 saturated heterocycles. The molecular formula is C19H30N2O2. The predicted molar refractivity (Wildman–Crippen MR) is 93.2 cm³/mol.